The minimum Gasteiger partial charge on any atom is -0.368 e. The van der Waals surface area contributed by atoms with Crippen LogP contribution >= 0.6 is 0 Å². The molecule has 0 aliphatic carbocycles. The number of H-pyrrole nitrogens is 1. The van der Waals surface area contributed by atoms with E-state index in [1.165, 1.54) is 0 Å². The smallest absolute Gasteiger partial charge is 0.224 e. The fraction of sp³-hybridized carbons (Fsp3) is 0.273. The number of nitrogen functional groups attached to an aromatic ring is 1. The molecule has 8 heteroatoms. The number of aromatic amines is 1. The molecule has 19 heavy (non-hydrogen) atoms. The Balaban J connectivity index is 1.81. The van der Waals surface area contributed by atoms with Crippen molar-refractivity contribution < 1.29 is 0 Å². The zero-order valence-corrected chi connectivity index (χ0v) is 10.1. The van der Waals surface area contributed by atoms with Crippen molar-refractivity contribution in [1.29, 1.82) is 0 Å². The topological polar surface area (TPSA) is 102 Å². The third-order valence-corrected chi connectivity index (χ3v) is 3.35. The lowest BCUT2D eigenvalue weighted by atomic mass is 10.3. The molecule has 4 heterocycles. The molecule has 1 aliphatic heterocycles. The number of nitrogens with two attached hydrogens (primary N) is 1. The summed E-state index contributed by atoms with van der Waals surface area (Å²) in [5, 5.41) is 7.71. The number of imidazole rings is 1. The lowest BCUT2D eigenvalue weighted by Gasteiger charge is -2.28. The van der Waals surface area contributed by atoms with E-state index in [9.17, 15) is 0 Å². The van der Waals surface area contributed by atoms with Crippen molar-refractivity contribution in [3.63, 3.8) is 0 Å². The molecule has 3 N–H and O–H groups in total. The van der Waals surface area contributed by atoms with Gasteiger partial charge in [0, 0.05) is 25.5 Å². The van der Waals surface area contributed by atoms with E-state index in [4.69, 9.17) is 5.73 Å². The van der Waals surface area contributed by atoms with Gasteiger partial charge in [0.15, 0.2) is 5.65 Å². The molecule has 96 valence electrons. The predicted molar refractivity (Wildman–Crippen MR) is 69.4 cm³/mol. The van der Waals surface area contributed by atoms with Gasteiger partial charge in [-0.25, -0.2) is 4.98 Å². The lowest BCUT2D eigenvalue weighted by Crippen LogP contribution is -2.34. The van der Waals surface area contributed by atoms with Crippen molar-refractivity contribution in [3.05, 3.63) is 24.4 Å². The van der Waals surface area contributed by atoms with Gasteiger partial charge in [0.25, 0.3) is 0 Å². The Labute approximate surface area is 108 Å². The van der Waals surface area contributed by atoms with E-state index in [0.717, 1.165) is 30.1 Å². The molecule has 4 rings (SSSR count). The Hall–Kier alpha value is -2.64. The van der Waals surface area contributed by atoms with Crippen molar-refractivity contribution in [2.75, 3.05) is 17.2 Å². The molecule has 0 saturated heterocycles. The first kappa shape index (κ1) is 10.3. The molecule has 0 bridgehead atoms. The fourth-order valence-corrected chi connectivity index (χ4v) is 2.43. The number of rotatable bonds is 1. The maximum atomic E-state index is 5.75. The second-order valence-corrected chi connectivity index (χ2v) is 4.50. The Kier molecular flexibility index (Phi) is 1.99. The van der Waals surface area contributed by atoms with Gasteiger partial charge >= 0.3 is 0 Å². The number of nitrogens with one attached hydrogen (secondary N) is 1. The van der Waals surface area contributed by atoms with Gasteiger partial charge in [-0.3, -0.25) is 5.10 Å². The highest BCUT2D eigenvalue weighted by Crippen LogP contribution is 2.25. The fourth-order valence-electron chi connectivity index (χ4n) is 2.43. The van der Waals surface area contributed by atoms with E-state index >= 15 is 0 Å². The molecule has 0 saturated carbocycles. The molecule has 0 amide bonds. The molecule has 0 unspecified atom stereocenters. The van der Waals surface area contributed by atoms with Crippen molar-refractivity contribution >= 4 is 22.8 Å². The zero-order chi connectivity index (χ0) is 12.8. The Morgan fingerprint density at radius 2 is 2.21 bits per heavy atom. The van der Waals surface area contributed by atoms with Gasteiger partial charge in [-0.2, -0.15) is 15.1 Å². The quantitative estimate of drug-likeness (QED) is 0.642. The van der Waals surface area contributed by atoms with E-state index in [1.807, 2.05) is 12.4 Å². The lowest BCUT2D eigenvalue weighted by molar-refractivity contribution is 0.557. The predicted octanol–water partition coefficient (Wildman–Crippen LogP) is 0.152. The average molecular weight is 256 g/mol. The van der Waals surface area contributed by atoms with Crippen LogP contribution in [0.5, 0.6) is 0 Å². The summed E-state index contributed by atoms with van der Waals surface area (Å²) in [6.07, 6.45) is 5.54. The van der Waals surface area contributed by atoms with E-state index < -0.39 is 0 Å². The first-order valence-electron chi connectivity index (χ1n) is 6.03. The van der Waals surface area contributed by atoms with Gasteiger partial charge in [0.05, 0.1) is 18.1 Å². The standard InChI is InChI=1S/C11H12N8/c12-11-15-9-7(5-14-17-9)10(16-11)19-4-3-18-2-1-13-8(18)6-19/h1-2,5H,3-4,6H2,(H3,12,14,15,16,17). The van der Waals surface area contributed by atoms with Crippen LogP contribution in [0.25, 0.3) is 11.0 Å². The first-order valence-corrected chi connectivity index (χ1v) is 6.03. The Bertz CT molecular complexity index is 742. The van der Waals surface area contributed by atoms with Crippen LogP contribution in [0.2, 0.25) is 0 Å². The molecule has 1 aliphatic rings. The highest BCUT2D eigenvalue weighted by molar-refractivity contribution is 5.87. The number of nitrogens with zero attached hydrogens (tertiary/aromatic N) is 6. The molecule has 0 radical (unpaired) electrons. The van der Waals surface area contributed by atoms with Crippen LogP contribution in [0.1, 0.15) is 5.82 Å². The first-order chi connectivity index (χ1) is 9.31. The van der Waals surface area contributed by atoms with E-state index in [2.05, 4.69) is 34.6 Å². The van der Waals surface area contributed by atoms with Gasteiger partial charge in [0.2, 0.25) is 5.95 Å². The number of hydrogen-bond acceptors (Lipinski definition) is 6. The van der Waals surface area contributed by atoms with Gasteiger partial charge in [-0.05, 0) is 0 Å². The van der Waals surface area contributed by atoms with E-state index in [0.29, 0.717) is 12.2 Å². The van der Waals surface area contributed by atoms with E-state index in [-0.39, 0.29) is 5.95 Å². The number of fused-ring (bicyclic) bond motifs is 2. The molecule has 0 atom stereocenters. The molecular weight excluding hydrogens is 244 g/mol. The minimum absolute atomic E-state index is 0.251. The maximum Gasteiger partial charge on any atom is 0.224 e. The van der Waals surface area contributed by atoms with Crippen molar-refractivity contribution in [3.8, 4) is 0 Å². The van der Waals surface area contributed by atoms with Crippen LogP contribution in [0, 0.1) is 0 Å². The van der Waals surface area contributed by atoms with Crippen LogP contribution in [0.4, 0.5) is 11.8 Å². The minimum atomic E-state index is 0.251. The molecule has 0 aromatic carbocycles. The highest BCUT2D eigenvalue weighted by atomic mass is 15.3. The summed E-state index contributed by atoms with van der Waals surface area (Å²) >= 11 is 0. The second kappa shape index (κ2) is 3.67. The van der Waals surface area contributed by atoms with Crippen LogP contribution in [0.3, 0.4) is 0 Å². The zero-order valence-electron chi connectivity index (χ0n) is 10.1. The number of aromatic nitrogens is 6. The third kappa shape index (κ3) is 1.53. The summed E-state index contributed by atoms with van der Waals surface area (Å²) in [5.41, 5.74) is 6.41. The summed E-state index contributed by atoms with van der Waals surface area (Å²) in [7, 11) is 0. The van der Waals surface area contributed by atoms with Gasteiger partial charge in [-0.15, -0.1) is 0 Å². The summed E-state index contributed by atoms with van der Waals surface area (Å²) < 4.78 is 2.15. The number of anilines is 2. The molecule has 0 spiro atoms. The monoisotopic (exact) mass is 256 g/mol. The highest BCUT2D eigenvalue weighted by Gasteiger charge is 2.21. The molecular formula is C11H12N8. The molecule has 0 fully saturated rings. The van der Waals surface area contributed by atoms with E-state index in [1.54, 1.807) is 6.20 Å². The largest absolute Gasteiger partial charge is 0.368 e. The van der Waals surface area contributed by atoms with Gasteiger partial charge in [-0.1, -0.05) is 0 Å². The molecule has 3 aromatic heterocycles. The Morgan fingerprint density at radius 1 is 1.26 bits per heavy atom. The summed E-state index contributed by atoms with van der Waals surface area (Å²) in [5.74, 6) is 2.09. The average Bonchev–Trinajstić information content (AvgIpc) is 3.04. The molecule has 8 nitrogen and oxygen atoms in total. The van der Waals surface area contributed by atoms with Gasteiger partial charge in [0.1, 0.15) is 11.6 Å². The van der Waals surface area contributed by atoms with Gasteiger partial charge < -0.3 is 15.2 Å². The normalized spacial score (nSPS) is 14.8. The maximum absolute atomic E-state index is 5.75. The van der Waals surface area contributed by atoms with Crippen LogP contribution in [0.15, 0.2) is 18.6 Å². The summed E-state index contributed by atoms with van der Waals surface area (Å²) in [4.78, 5) is 15.0. The van der Waals surface area contributed by atoms with Crippen molar-refractivity contribution in [2.45, 2.75) is 13.1 Å². The van der Waals surface area contributed by atoms with Crippen molar-refractivity contribution in [2.24, 2.45) is 0 Å². The van der Waals surface area contributed by atoms with Crippen molar-refractivity contribution in [1.82, 2.24) is 29.7 Å². The SMILES string of the molecule is Nc1nc(N2CCn3ccnc3C2)c2cn[nH]c2n1. The Morgan fingerprint density at radius 3 is 3.16 bits per heavy atom. The summed E-state index contributed by atoms with van der Waals surface area (Å²) in [6, 6.07) is 0. The number of hydrogen-bond donors (Lipinski definition) is 2. The summed E-state index contributed by atoms with van der Waals surface area (Å²) in [6.45, 7) is 2.46. The van der Waals surface area contributed by atoms with Crippen LogP contribution in [-0.2, 0) is 13.1 Å². The molecule has 3 aromatic rings. The van der Waals surface area contributed by atoms with Crippen LogP contribution in [-0.4, -0.2) is 36.3 Å². The second-order valence-electron chi connectivity index (χ2n) is 4.50. The van der Waals surface area contributed by atoms with Crippen LogP contribution < -0.4 is 10.6 Å². The third-order valence-electron chi connectivity index (χ3n) is 3.35.